The van der Waals surface area contributed by atoms with E-state index in [1.165, 1.54) is 0 Å². The second-order valence-electron chi connectivity index (χ2n) is 14.8. The Bertz CT molecular complexity index is 1040. The van der Waals surface area contributed by atoms with Gasteiger partial charge in [-0.3, -0.25) is 9.59 Å². The predicted molar refractivity (Wildman–Crippen MR) is 176 cm³/mol. The van der Waals surface area contributed by atoms with Gasteiger partial charge >= 0.3 is 23.9 Å². The summed E-state index contributed by atoms with van der Waals surface area (Å²) in [5.41, 5.74) is -1.51. The molecule has 12 nitrogen and oxygen atoms in total. The third kappa shape index (κ3) is 12.9. The van der Waals surface area contributed by atoms with Crippen LogP contribution in [0.15, 0.2) is 0 Å². The minimum absolute atomic E-state index is 0.000936. The van der Waals surface area contributed by atoms with Crippen molar-refractivity contribution in [3.63, 3.8) is 0 Å². The molecule has 0 spiro atoms. The molecule has 0 aromatic heterocycles. The van der Waals surface area contributed by atoms with E-state index in [-0.39, 0.29) is 36.9 Å². The van der Waals surface area contributed by atoms with Crippen LogP contribution in [0, 0.1) is 34.5 Å². The number of rotatable bonds is 19. The quantitative estimate of drug-likeness (QED) is 0.123. The second-order valence-corrected chi connectivity index (χ2v) is 14.8. The maximum absolute atomic E-state index is 13.1. The van der Waals surface area contributed by atoms with Gasteiger partial charge in [0.25, 0.3) is 0 Å². The van der Waals surface area contributed by atoms with Crippen LogP contribution < -0.4 is 0 Å². The Morgan fingerprint density at radius 3 is 1.52 bits per heavy atom. The molecule has 2 rings (SSSR count). The summed E-state index contributed by atoms with van der Waals surface area (Å²) in [5.74, 6) is -3.39. The molecule has 3 unspecified atom stereocenters. The van der Waals surface area contributed by atoms with Gasteiger partial charge in [0.15, 0.2) is 24.8 Å². The van der Waals surface area contributed by atoms with Crippen molar-refractivity contribution in [1.29, 1.82) is 0 Å². The van der Waals surface area contributed by atoms with E-state index in [2.05, 4.69) is 0 Å². The third-order valence-corrected chi connectivity index (χ3v) is 10.3. The van der Waals surface area contributed by atoms with Crippen LogP contribution in [-0.4, -0.2) is 88.3 Å². The van der Waals surface area contributed by atoms with E-state index in [1.807, 2.05) is 55.4 Å². The molecule has 0 aliphatic carbocycles. The Morgan fingerprint density at radius 2 is 1.10 bits per heavy atom. The minimum Gasteiger partial charge on any atom is -0.463 e. The lowest BCUT2D eigenvalue weighted by atomic mass is 9.81. The summed E-state index contributed by atoms with van der Waals surface area (Å²) < 4.78 is 45.3. The number of carbonyl (C=O) groups excluding carboxylic acids is 4. The van der Waals surface area contributed by atoms with Gasteiger partial charge < -0.3 is 37.9 Å². The molecular weight excluding hydrogens is 624 g/mol. The van der Waals surface area contributed by atoms with Crippen molar-refractivity contribution in [3.8, 4) is 0 Å². The zero-order chi connectivity index (χ0) is 36.2. The molecule has 2 aliphatic heterocycles. The molecule has 0 aromatic rings. The molecule has 0 aromatic carbocycles. The van der Waals surface area contributed by atoms with E-state index in [4.69, 9.17) is 37.9 Å². The molecule has 2 saturated heterocycles. The van der Waals surface area contributed by atoms with Crippen molar-refractivity contribution in [2.75, 3.05) is 52.9 Å². The van der Waals surface area contributed by atoms with Gasteiger partial charge in [-0.05, 0) is 73.6 Å². The summed E-state index contributed by atoms with van der Waals surface area (Å²) in [6.45, 7) is 20.2. The third-order valence-electron chi connectivity index (χ3n) is 10.3. The monoisotopic (exact) mass is 686 g/mol. The van der Waals surface area contributed by atoms with Gasteiger partial charge in [-0.15, -0.1) is 0 Å². The molecule has 2 heterocycles. The van der Waals surface area contributed by atoms with Crippen LogP contribution in [0.25, 0.3) is 0 Å². The Kier molecular flexibility index (Phi) is 16.3. The summed E-state index contributed by atoms with van der Waals surface area (Å²) in [7, 11) is 0. The fourth-order valence-corrected chi connectivity index (χ4v) is 5.40. The van der Waals surface area contributed by atoms with Gasteiger partial charge in [0.05, 0.1) is 50.5 Å². The molecule has 0 amide bonds. The van der Waals surface area contributed by atoms with Crippen molar-refractivity contribution in [1.82, 2.24) is 0 Å². The van der Waals surface area contributed by atoms with Crippen LogP contribution in [0.2, 0.25) is 0 Å². The number of hydrogen-bond donors (Lipinski definition) is 0. The molecule has 0 radical (unpaired) electrons. The van der Waals surface area contributed by atoms with Crippen LogP contribution in [0.5, 0.6) is 0 Å². The zero-order valence-corrected chi connectivity index (χ0v) is 31.1. The fourth-order valence-electron chi connectivity index (χ4n) is 5.40. The zero-order valence-electron chi connectivity index (χ0n) is 31.1. The van der Waals surface area contributed by atoms with Crippen LogP contribution >= 0.6 is 0 Å². The average molecular weight is 687 g/mol. The first-order valence-electron chi connectivity index (χ1n) is 17.6. The van der Waals surface area contributed by atoms with E-state index in [0.29, 0.717) is 52.1 Å². The van der Waals surface area contributed by atoms with Gasteiger partial charge in [-0.2, -0.15) is 0 Å². The van der Waals surface area contributed by atoms with Crippen LogP contribution in [0.3, 0.4) is 0 Å². The van der Waals surface area contributed by atoms with Crippen molar-refractivity contribution < 1.29 is 57.1 Å². The van der Waals surface area contributed by atoms with Gasteiger partial charge in [-0.1, -0.05) is 27.7 Å². The summed E-state index contributed by atoms with van der Waals surface area (Å²) in [6.07, 6.45) is 3.51. The predicted octanol–water partition coefficient (Wildman–Crippen LogP) is 5.62. The first-order valence-corrected chi connectivity index (χ1v) is 17.6. The number of ether oxygens (including phenoxy) is 8. The van der Waals surface area contributed by atoms with E-state index in [9.17, 15) is 19.2 Å². The molecule has 48 heavy (non-hydrogen) atoms. The maximum atomic E-state index is 13.1. The van der Waals surface area contributed by atoms with E-state index in [0.717, 1.165) is 12.8 Å². The highest BCUT2D eigenvalue weighted by atomic mass is 16.7. The molecule has 2 aliphatic rings. The van der Waals surface area contributed by atoms with Crippen molar-refractivity contribution in [2.24, 2.45) is 34.5 Å². The van der Waals surface area contributed by atoms with Crippen molar-refractivity contribution >= 4 is 23.9 Å². The molecule has 0 N–H and O–H groups in total. The standard InChI is InChI=1S/C36H62O12/c1-11-25(27-19-45-34(7,8)46-20-27)17-42-30(38)24-44-32(40)35(9,14-4)15-16-36(10)47-21-28(22-48-36)26(12-2)18-41-29(37)23-43-31(39)33(5,6)13-3/h25-28H,11-24H2,1-10H3. The lowest BCUT2D eigenvalue weighted by molar-refractivity contribution is -0.284. The molecule has 3 atom stereocenters. The van der Waals surface area contributed by atoms with Gasteiger partial charge in [-0.25, -0.2) is 9.59 Å². The van der Waals surface area contributed by atoms with E-state index in [1.54, 1.807) is 13.8 Å². The Labute approximate surface area is 287 Å². The number of esters is 4. The molecule has 12 heteroatoms. The molecule has 0 saturated carbocycles. The number of carbonyl (C=O) groups is 4. The maximum Gasteiger partial charge on any atom is 0.344 e. The van der Waals surface area contributed by atoms with Gasteiger partial charge in [0, 0.05) is 30.1 Å². The highest BCUT2D eigenvalue weighted by molar-refractivity contribution is 5.80. The Morgan fingerprint density at radius 1 is 0.667 bits per heavy atom. The van der Waals surface area contributed by atoms with Gasteiger partial charge in [0.2, 0.25) is 0 Å². The van der Waals surface area contributed by atoms with E-state index < -0.39 is 59.5 Å². The summed E-state index contributed by atoms with van der Waals surface area (Å²) >= 11 is 0. The van der Waals surface area contributed by atoms with Crippen LogP contribution in [0.1, 0.15) is 108 Å². The Hall–Kier alpha value is -2.28. The summed E-state index contributed by atoms with van der Waals surface area (Å²) in [5, 5.41) is 0. The number of hydrogen-bond acceptors (Lipinski definition) is 12. The van der Waals surface area contributed by atoms with Crippen LogP contribution in [-0.2, 0) is 57.1 Å². The lowest BCUT2D eigenvalue weighted by Crippen LogP contribution is -2.46. The molecule has 278 valence electrons. The molecular formula is C36H62O12. The van der Waals surface area contributed by atoms with Crippen LogP contribution in [0.4, 0.5) is 0 Å². The first kappa shape index (κ1) is 41.9. The highest BCUT2D eigenvalue weighted by Crippen LogP contribution is 2.37. The second kappa shape index (κ2) is 18.6. The molecule has 2 fully saturated rings. The topological polar surface area (TPSA) is 142 Å². The fraction of sp³-hybridized carbons (Fsp3) is 0.889. The Balaban J connectivity index is 1.76. The largest absolute Gasteiger partial charge is 0.463 e. The van der Waals surface area contributed by atoms with E-state index >= 15 is 0 Å². The minimum atomic E-state index is -0.904. The average Bonchev–Trinajstić information content (AvgIpc) is 3.06. The normalized spacial score (nSPS) is 24.1. The van der Waals surface area contributed by atoms with Crippen molar-refractivity contribution in [2.45, 2.75) is 119 Å². The van der Waals surface area contributed by atoms with Crippen molar-refractivity contribution in [3.05, 3.63) is 0 Å². The smallest absolute Gasteiger partial charge is 0.344 e. The SMILES string of the molecule is CCC(COC(=O)COC(=O)C(C)(CC)CCC1(C)OCC(C(CC)COC(=O)COC(=O)C(C)(C)CC)CO1)C1COC(C)(C)OC1. The summed E-state index contributed by atoms with van der Waals surface area (Å²) in [6, 6.07) is 0. The highest BCUT2D eigenvalue weighted by Gasteiger charge is 2.41. The molecule has 0 bridgehead atoms. The lowest BCUT2D eigenvalue weighted by Gasteiger charge is -2.41. The first-order chi connectivity index (χ1) is 22.4. The van der Waals surface area contributed by atoms with Gasteiger partial charge in [0.1, 0.15) is 0 Å². The summed E-state index contributed by atoms with van der Waals surface area (Å²) in [4.78, 5) is 50.0.